The number of amides is 2. The second-order valence-electron chi connectivity index (χ2n) is 8.86. The van der Waals surface area contributed by atoms with Crippen LogP contribution in [0.4, 0.5) is 33.7 Å². The highest BCUT2D eigenvalue weighted by Crippen LogP contribution is 2.43. The summed E-state index contributed by atoms with van der Waals surface area (Å²) < 4.78 is 61.8. The van der Waals surface area contributed by atoms with Crippen LogP contribution in [0, 0.1) is 12.7 Å². The Morgan fingerprint density at radius 3 is 2.79 bits per heavy atom. The zero-order chi connectivity index (χ0) is 27.2. The summed E-state index contributed by atoms with van der Waals surface area (Å²) in [7, 11) is 0. The summed E-state index contributed by atoms with van der Waals surface area (Å²) in [5, 5.41) is 11.4. The zero-order valence-corrected chi connectivity index (χ0v) is 19.8. The number of pyridine rings is 2. The van der Waals surface area contributed by atoms with E-state index in [9.17, 15) is 27.2 Å². The summed E-state index contributed by atoms with van der Waals surface area (Å²) in [5.41, 5.74) is 0.241. The molecule has 1 atom stereocenters. The van der Waals surface area contributed by atoms with Crippen LogP contribution in [0.2, 0.25) is 0 Å². The van der Waals surface area contributed by atoms with Crippen LogP contribution < -0.4 is 15.0 Å². The lowest BCUT2D eigenvalue weighted by molar-refractivity contribution is -0.141. The molecule has 2 aliphatic heterocycles. The molecule has 0 bridgehead atoms. The number of nitrogens with one attached hydrogen (secondary N) is 1. The maximum atomic E-state index is 14.3. The number of carbonyl (C=O) groups excluding carboxylic acids is 1. The first-order valence-corrected chi connectivity index (χ1v) is 11.5. The van der Waals surface area contributed by atoms with E-state index in [0.29, 0.717) is 29.8 Å². The van der Waals surface area contributed by atoms with E-state index in [-0.39, 0.29) is 22.5 Å². The molecule has 4 heterocycles. The van der Waals surface area contributed by atoms with E-state index in [1.165, 1.54) is 18.3 Å². The molecule has 0 spiro atoms. The van der Waals surface area contributed by atoms with Crippen LogP contribution in [0.1, 0.15) is 46.2 Å². The fourth-order valence-electron chi connectivity index (χ4n) is 4.66. The number of anilines is 2. The number of aryl methyl sites for hydroxylation is 2. The number of urea groups is 1. The minimum Gasteiger partial charge on any atom is -0.484 e. The Hall–Kier alpha value is -4.48. The molecule has 0 saturated heterocycles. The number of benzene rings is 1. The number of carboxylic acids is 1. The van der Waals surface area contributed by atoms with Crippen LogP contribution in [0.25, 0.3) is 6.08 Å². The predicted molar refractivity (Wildman–Crippen MR) is 128 cm³/mol. The maximum absolute atomic E-state index is 14.3. The van der Waals surface area contributed by atoms with Crippen molar-refractivity contribution in [2.45, 2.75) is 38.6 Å². The number of carbonyl (C=O) groups is 2. The first-order chi connectivity index (χ1) is 18.0. The largest absolute Gasteiger partial charge is 0.484 e. The average Bonchev–Trinajstić information content (AvgIpc) is 2.86. The number of halogens is 4. The number of rotatable bonds is 4. The van der Waals surface area contributed by atoms with Crippen molar-refractivity contribution < 1.29 is 37.0 Å². The van der Waals surface area contributed by atoms with Gasteiger partial charge >= 0.3 is 18.2 Å². The van der Waals surface area contributed by atoms with Gasteiger partial charge in [-0.05, 0) is 49.1 Å². The number of carboxylic acid groups (broad SMARTS) is 1. The van der Waals surface area contributed by atoms with Gasteiger partial charge in [-0.25, -0.2) is 14.0 Å². The van der Waals surface area contributed by atoms with Gasteiger partial charge in [0.25, 0.3) is 0 Å². The average molecular weight is 528 g/mol. The highest BCUT2D eigenvalue weighted by atomic mass is 19.4. The molecule has 0 aliphatic carbocycles. The lowest BCUT2D eigenvalue weighted by Gasteiger charge is -2.34. The molecule has 2 N–H and O–H groups in total. The number of hydrogen-bond donors (Lipinski definition) is 2. The first-order valence-electron chi connectivity index (χ1n) is 11.5. The monoisotopic (exact) mass is 528 g/mol. The van der Waals surface area contributed by atoms with Crippen molar-refractivity contribution in [3.8, 4) is 5.75 Å². The van der Waals surface area contributed by atoms with Crippen molar-refractivity contribution >= 4 is 29.5 Å². The molecular weight excluding hydrogens is 508 g/mol. The van der Waals surface area contributed by atoms with Gasteiger partial charge in [-0.2, -0.15) is 13.2 Å². The van der Waals surface area contributed by atoms with Crippen LogP contribution in [-0.2, 0) is 23.9 Å². The predicted octanol–water partition coefficient (Wildman–Crippen LogP) is 5.66. The van der Waals surface area contributed by atoms with Crippen molar-refractivity contribution in [2.24, 2.45) is 0 Å². The Morgan fingerprint density at radius 2 is 2.08 bits per heavy atom. The summed E-state index contributed by atoms with van der Waals surface area (Å²) in [4.78, 5) is 32.8. The molecule has 5 rings (SSSR count). The van der Waals surface area contributed by atoms with Gasteiger partial charge in [-0.3, -0.25) is 14.9 Å². The quantitative estimate of drug-likeness (QED) is 0.335. The van der Waals surface area contributed by atoms with E-state index in [0.717, 1.165) is 28.8 Å². The van der Waals surface area contributed by atoms with Crippen molar-refractivity contribution in [3.05, 3.63) is 82.2 Å². The van der Waals surface area contributed by atoms with Gasteiger partial charge in [0.05, 0.1) is 17.9 Å². The van der Waals surface area contributed by atoms with Crippen molar-refractivity contribution in [3.63, 3.8) is 0 Å². The molecule has 0 fully saturated rings. The summed E-state index contributed by atoms with van der Waals surface area (Å²) in [6, 6.07) is 5.37. The Balaban J connectivity index is 1.54. The summed E-state index contributed by atoms with van der Waals surface area (Å²) in [6.45, 7) is 1.24. The Bertz CT molecular complexity index is 1490. The fourth-order valence-corrected chi connectivity index (χ4v) is 4.66. The first kappa shape index (κ1) is 25.2. The molecule has 1 unspecified atom stereocenters. The molecule has 2 aromatic heterocycles. The third kappa shape index (κ3) is 4.64. The Kier molecular flexibility index (Phi) is 6.25. The number of hydrogen-bond acceptors (Lipinski definition) is 5. The Labute approximate surface area is 213 Å². The standard InChI is InChI=1S/C26H20F4N4O4/c1-13-9-14-4-6-19(23-17(27)3-2-8-31-23)38-20(14)10-18(13)34-12-16-22(33-25(34)37)15(5-7-21(35)36)11-32-24(16)26(28,29)30/h2-3,5,7-11,19H,4,6,12H2,1H3,(H,33,37)(H,35,36). The second kappa shape index (κ2) is 9.43. The third-order valence-electron chi connectivity index (χ3n) is 6.38. The van der Waals surface area contributed by atoms with E-state index in [1.54, 1.807) is 19.1 Å². The summed E-state index contributed by atoms with van der Waals surface area (Å²) >= 11 is 0. The molecule has 196 valence electrons. The number of fused-ring (bicyclic) bond motifs is 2. The smallest absolute Gasteiger partial charge is 0.433 e. The minimum absolute atomic E-state index is 0.0223. The van der Waals surface area contributed by atoms with E-state index in [2.05, 4.69) is 15.3 Å². The molecule has 3 aromatic rings. The zero-order valence-electron chi connectivity index (χ0n) is 19.8. The van der Waals surface area contributed by atoms with Crippen molar-refractivity contribution in [2.75, 3.05) is 10.2 Å². The molecule has 0 radical (unpaired) electrons. The van der Waals surface area contributed by atoms with E-state index in [1.807, 2.05) is 0 Å². The molecular formula is C26H20F4N4O4. The number of aromatic nitrogens is 2. The van der Waals surface area contributed by atoms with E-state index in [4.69, 9.17) is 9.84 Å². The topological polar surface area (TPSA) is 105 Å². The van der Waals surface area contributed by atoms with Crippen molar-refractivity contribution in [1.82, 2.24) is 9.97 Å². The Morgan fingerprint density at radius 1 is 1.29 bits per heavy atom. The number of nitrogens with zero attached hydrogens (tertiary/aromatic N) is 3. The number of aliphatic carboxylic acids is 1. The SMILES string of the molecule is Cc1cc2c(cc1N1Cc3c(C(F)(F)F)ncc(C=CC(=O)O)c3NC1=O)OC(c1ncccc1F)CC2. The highest BCUT2D eigenvalue weighted by molar-refractivity contribution is 6.06. The van der Waals surface area contributed by atoms with Gasteiger partial charge in [-0.15, -0.1) is 0 Å². The third-order valence-corrected chi connectivity index (χ3v) is 6.38. The van der Waals surface area contributed by atoms with Gasteiger partial charge in [0.1, 0.15) is 23.4 Å². The van der Waals surface area contributed by atoms with Crippen molar-refractivity contribution in [1.29, 1.82) is 0 Å². The normalized spacial score (nSPS) is 17.0. The lowest BCUT2D eigenvalue weighted by atomic mass is 9.96. The fraction of sp³-hybridized carbons (Fsp3) is 0.231. The maximum Gasteiger partial charge on any atom is 0.433 e. The van der Waals surface area contributed by atoms with Crippen LogP contribution in [-0.4, -0.2) is 27.1 Å². The summed E-state index contributed by atoms with van der Waals surface area (Å²) in [5.74, 6) is -1.45. The highest BCUT2D eigenvalue weighted by Gasteiger charge is 2.40. The lowest BCUT2D eigenvalue weighted by Crippen LogP contribution is -2.40. The number of ether oxygens (including phenoxy) is 1. The van der Waals surface area contributed by atoms with Gasteiger partial charge in [0.2, 0.25) is 0 Å². The van der Waals surface area contributed by atoms with Crippen LogP contribution in [0.5, 0.6) is 5.75 Å². The molecule has 2 amide bonds. The molecule has 8 nitrogen and oxygen atoms in total. The second-order valence-corrected chi connectivity index (χ2v) is 8.86. The minimum atomic E-state index is -4.82. The molecule has 1 aromatic carbocycles. The van der Waals surface area contributed by atoms with Gasteiger partial charge in [-0.1, -0.05) is 6.07 Å². The number of alkyl halides is 3. The van der Waals surface area contributed by atoms with Gasteiger partial charge in [0, 0.05) is 35.7 Å². The van der Waals surface area contributed by atoms with Gasteiger partial charge < -0.3 is 15.2 Å². The van der Waals surface area contributed by atoms with Crippen LogP contribution >= 0.6 is 0 Å². The summed E-state index contributed by atoms with van der Waals surface area (Å²) in [6.07, 6.45) is -0.321. The van der Waals surface area contributed by atoms with Gasteiger partial charge in [0.15, 0.2) is 5.69 Å². The van der Waals surface area contributed by atoms with E-state index >= 15 is 0 Å². The molecule has 12 heteroatoms. The van der Waals surface area contributed by atoms with E-state index < -0.39 is 42.3 Å². The van der Waals surface area contributed by atoms with Crippen LogP contribution in [0.15, 0.2) is 42.7 Å². The molecule has 0 saturated carbocycles. The molecule has 2 aliphatic rings. The molecule has 38 heavy (non-hydrogen) atoms. The van der Waals surface area contributed by atoms with Crippen LogP contribution in [0.3, 0.4) is 0 Å².